The highest BCUT2D eigenvalue weighted by Gasteiger charge is 2.53. The predicted octanol–water partition coefficient (Wildman–Crippen LogP) is -0.198. The van der Waals surface area contributed by atoms with E-state index in [0.717, 1.165) is 6.54 Å². The fourth-order valence-corrected chi connectivity index (χ4v) is 4.36. The molecule has 1 amide bonds. The van der Waals surface area contributed by atoms with Crippen molar-refractivity contribution in [1.82, 2.24) is 24.9 Å². The van der Waals surface area contributed by atoms with E-state index in [9.17, 15) is 9.90 Å². The molecule has 2 unspecified atom stereocenters. The van der Waals surface area contributed by atoms with E-state index in [4.69, 9.17) is 15.0 Å². The third-order valence-corrected chi connectivity index (χ3v) is 5.82. The number of carbonyl (C=O) groups excluding carboxylic acids is 1. The summed E-state index contributed by atoms with van der Waals surface area (Å²) >= 11 is 0. The van der Waals surface area contributed by atoms with Gasteiger partial charge in [0.1, 0.15) is 11.5 Å². The molecule has 2 fully saturated rings. The second-order valence-electron chi connectivity index (χ2n) is 7.87. The van der Waals surface area contributed by atoms with Gasteiger partial charge < -0.3 is 25.0 Å². The lowest BCUT2D eigenvalue weighted by atomic mass is 9.82. The largest absolute Gasteiger partial charge is 0.396 e. The smallest absolute Gasteiger partial charge is 0.272 e. The minimum Gasteiger partial charge on any atom is -0.396 e. The van der Waals surface area contributed by atoms with Crippen molar-refractivity contribution in [3.05, 3.63) is 35.6 Å². The Balaban J connectivity index is 1.39. The van der Waals surface area contributed by atoms with Crippen LogP contribution in [0.25, 0.3) is 0 Å². The Hall–Kier alpha value is -2.56. The highest BCUT2D eigenvalue weighted by molar-refractivity contribution is 5.93. The molecule has 2 aromatic heterocycles. The van der Waals surface area contributed by atoms with Gasteiger partial charge in [0.25, 0.3) is 5.91 Å². The Kier molecular flexibility index (Phi) is 5.48. The van der Waals surface area contributed by atoms with Crippen LogP contribution in [0.3, 0.4) is 0 Å². The van der Waals surface area contributed by atoms with E-state index in [1.54, 1.807) is 30.2 Å². The van der Waals surface area contributed by atoms with Crippen LogP contribution in [0.1, 0.15) is 22.2 Å². The number of rotatable bonds is 7. The molecule has 0 radical (unpaired) electrons. The summed E-state index contributed by atoms with van der Waals surface area (Å²) in [5, 5.41) is 14.1. The van der Waals surface area contributed by atoms with Gasteiger partial charge in [-0.05, 0) is 18.1 Å². The molecular weight excluding hydrogens is 376 g/mol. The summed E-state index contributed by atoms with van der Waals surface area (Å²) in [5.41, 5.74) is 5.69. The Labute approximate surface area is 168 Å². The average molecular weight is 402 g/mol. The summed E-state index contributed by atoms with van der Waals surface area (Å²) < 4.78 is 10.4. The van der Waals surface area contributed by atoms with Crippen LogP contribution in [-0.2, 0) is 17.7 Å². The number of nitrogens with zero attached hydrogens (tertiary/aromatic N) is 5. The van der Waals surface area contributed by atoms with E-state index < -0.39 is 0 Å². The van der Waals surface area contributed by atoms with Crippen LogP contribution < -0.4 is 5.73 Å². The van der Waals surface area contributed by atoms with Gasteiger partial charge in [-0.15, -0.1) is 0 Å². The first kappa shape index (κ1) is 19.7. The maximum Gasteiger partial charge on any atom is 0.272 e. The highest BCUT2D eigenvalue weighted by atomic mass is 16.5. The summed E-state index contributed by atoms with van der Waals surface area (Å²) in [6, 6.07) is 5.05. The fourth-order valence-electron chi connectivity index (χ4n) is 4.36. The molecule has 0 bridgehead atoms. The van der Waals surface area contributed by atoms with Gasteiger partial charge in [0.05, 0.1) is 19.8 Å². The van der Waals surface area contributed by atoms with E-state index >= 15 is 0 Å². The maximum atomic E-state index is 12.8. The number of carbonyl (C=O) groups is 1. The molecule has 3 N–H and O–H groups in total. The van der Waals surface area contributed by atoms with Gasteiger partial charge in [-0.2, -0.15) is 4.98 Å². The van der Waals surface area contributed by atoms with Crippen molar-refractivity contribution in [2.45, 2.75) is 13.0 Å². The second-order valence-corrected chi connectivity index (χ2v) is 7.87. The molecule has 0 saturated carbocycles. The zero-order valence-electron chi connectivity index (χ0n) is 16.5. The third kappa shape index (κ3) is 3.96. The topological polar surface area (TPSA) is 131 Å². The first-order valence-corrected chi connectivity index (χ1v) is 9.68. The molecular formula is C19H26N6O4. The molecule has 4 rings (SSSR count). The van der Waals surface area contributed by atoms with Crippen molar-refractivity contribution in [2.24, 2.45) is 11.3 Å². The van der Waals surface area contributed by atoms with Crippen LogP contribution in [0.4, 0.5) is 5.82 Å². The first-order valence-electron chi connectivity index (χ1n) is 9.68. The maximum absolute atomic E-state index is 12.8. The van der Waals surface area contributed by atoms with E-state index in [0.29, 0.717) is 62.4 Å². The molecule has 29 heavy (non-hydrogen) atoms. The molecule has 2 aliphatic rings. The van der Waals surface area contributed by atoms with E-state index in [2.05, 4.69) is 20.0 Å². The van der Waals surface area contributed by atoms with Gasteiger partial charge in [-0.3, -0.25) is 9.69 Å². The number of amides is 1. The zero-order valence-corrected chi connectivity index (χ0v) is 16.5. The number of ether oxygens (including phenoxy) is 1. The number of aliphatic hydroxyl groups excluding tert-OH is 1. The van der Waals surface area contributed by atoms with E-state index in [-0.39, 0.29) is 23.8 Å². The molecule has 2 atom stereocenters. The van der Waals surface area contributed by atoms with Crippen molar-refractivity contribution in [2.75, 3.05) is 52.2 Å². The number of nitrogen functional groups attached to an aromatic ring is 1. The number of aliphatic hydroxyl groups is 1. The van der Waals surface area contributed by atoms with Gasteiger partial charge in [0.2, 0.25) is 5.89 Å². The fraction of sp³-hybridized carbons (Fsp3) is 0.579. The minimum atomic E-state index is -0.352. The van der Waals surface area contributed by atoms with Crippen molar-refractivity contribution in [1.29, 1.82) is 0 Å². The van der Waals surface area contributed by atoms with E-state index in [1.165, 1.54) is 0 Å². The number of hydrogen-bond acceptors (Lipinski definition) is 9. The Morgan fingerprint density at radius 2 is 2.24 bits per heavy atom. The summed E-state index contributed by atoms with van der Waals surface area (Å²) in [4.78, 5) is 25.3. The summed E-state index contributed by atoms with van der Waals surface area (Å²) in [6.45, 7) is 3.58. The van der Waals surface area contributed by atoms with Crippen LogP contribution in [-0.4, -0.2) is 82.4 Å². The number of likely N-dealkylation sites (tertiary alicyclic amines) is 2. The van der Waals surface area contributed by atoms with Gasteiger partial charge in [-0.1, -0.05) is 11.2 Å². The lowest BCUT2D eigenvalue weighted by molar-refractivity contribution is 0.0710. The Morgan fingerprint density at radius 3 is 2.97 bits per heavy atom. The van der Waals surface area contributed by atoms with Gasteiger partial charge in [-0.25, -0.2) is 4.98 Å². The zero-order chi connectivity index (χ0) is 20.4. The normalized spacial score (nSPS) is 24.2. The number of methoxy groups -OCH3 is 1. The minimum absolute atomic E-state index is 0.0191. The molecule has 0 spiro atoms. The van der Waals surface area contributed by atoms with Crippen LogP contribution in [0, 0.1) is 11.3 Å². The lowest BCUT2D eigenvalue weighted by Crippen LogP contribution is -2.39. The molecule has 2 saturated heterocycles. The molecule has 0 aliphatic carbocycles. The van der Waals surface area contributed by atoms with Crippen LogP contribution in [0.2, 0.25) is 0 Å². The summed E-state index contributed by atoms with van der Waals surface area (Å²) in [5.74, 6) is 1.53. The Bertz CT molecular complexity index is 874. The standard InChI is InChI=1S/C19H26N6O4/c1-28-6-5-16-22-17(29-23-16)9-24-7-13-8-25(11-19(13,10-24)12-26)18(27)14-3-2-4-15(20)21-14/h2-4,13,26H,5-12H2,1H3,(H2,20,21). The molecule has 156 valence electrons. The Morgan fingerprint density at radius 1 is 1.38 bits per heavy atom. The SMILES string of the molecule is COCCc1noc(CN2CC3CN(C(=O)c4cccc(N)n4)CC3(CO)C2)n1. The molecule has 2 aromatic rings. The van der Waals surface area contributed by atoms with Crippen LogP contribution in [0.5, 0.6) is 0 Å². The lowest BCUT2D eigenvalue weighted by Gasteiger charge is -2.26. The van der Waals surface area contributed by atoms with Gasteiger partial charge in [0, 0.05) is 45.1 Å². The number of nitrogens with two attached hydrogens (primary N) is 1. The molecule has 10 heteroatoms. The van der Waals surface area contributed by atoms with Gasteiger partial charge in [0.15, 0.2) is 5.82 Å². The van der Waals surface area contributed by atoms with Crippen molar-refractivity contribution >= 4 is 11.7 Å². The molecule has 4 heterocycles. The van der Waals surface area contributed by atoms with E-state index in [1.807, 2.05) is 0 Å². The molecule has 0 aromatic carbocycles. The highest BCUT2D eigenvalue weighted by Crippen LogP contribution is 2.42. The number of hydrogen-bond donors (Lipinski definition) is 2. The number of aromatic nitrogens is 3. The van der Waals surface area contributed by atoms with Crippen molar-refractivity contribution in [3.63, 3.8) is 0 Å². The first-order chi connectivity index (χ1) is 14.0. The van der Waals surface area contributed by atoms with Crippen LogP contribution in [0.15, 0.2) is 22.7 Å². The number of pyridine rings is 1. The van der Waals surface area contributed by atoms with Crippen LogP contribution >= 0.6 is 0 Å². The monoisotopic (exact) mass is 402 g/mol. The molecule has 2 aliphatic heterocycles. The average Bonchev–Trinajstić information content (AvgIpc) is 3.38. The summed E-state index contributed by atoms with van der Waals surface area (Å²) in [7, 11) is 1.63. The third-order valence-electron chi connectivity index (χ3n) is 5.82. The second kappa shape index (κ2) is 8.05. The number of fused-ring (bicyclic) bond motifs is 1. The molecule has 10 nitrogen and oxygen atoms in total. The van der Waals surface area contributed by atoms with Crippen molar-refractivity contribution in [3.8, 4) is 0 Å². The summed E-state index contributed by atoms with van der Waals surface area (Å²) in [6.07, 6.45) is 0.609. The predicted molar refractivity (Wildman–Crippen MR) is 103 cm³/mol. The number of anilines is 1. The quantitative estimate of drug-likeness (QED) is 0.646. The van der Waals surface area contributed by atoms with Gasteiger partial charge >= 0.3 is 0 Å². The van der Waals surface area contributed by atoms with Crippen molar-refractivity contribution < 1.29 is 19.2 Å².